The number of hydrogen-bond acceptors (Lipinski definition) is 7. The molecule has 1 aliphatic rings. The smallest absolute Gasteiger partial charge is 0.361 e. The Hall–Kier alpha value is -2.72. The number of amidine groups is 1. The lowest BCUT2D eigenvalue weighted by Gasteiger charge is -2.16. The molecule has 8 nitrogen and oxygen atoms in total. The van der Waals surface area contributed by atoms with Crippen molar-refractivity contribution < 1.29 is 9.37 Å². The first kappa shape index (κ1) is 25.9. The zero-order valence-corrected chi connectivity index (χ0v) is 22.7. The van der Waals surface area contributed by atoms with Gasteiger partial charge in [-0.25, -0.2) is 9.98 Å². The van der Waals surface area contributed by atoms with Gasteiger partial charge in [-0.05, 0) is 57.0 Å². The second-order valence-electron chi connectivity index (χ2n) is 7.87. The zero-order chi connectivity index (χ0) is 24.8. The van der Waals surface area contributed by atoms with Gasteiger partial charge >= 0.3 is 5.17 Å². The minimum Gasteiger partial charge on any atom is -0.378 e. The van der Waals surface area contributed by atoms with E-state index in [0.29, 0.717) is 5.82 Å². The van der Waals surface area contributed by atoms with Gasteiger partial charge < -0.3 is 15.1 Å². The Kier molecular flexibility index (Phi) is 8.84. The highest BCUT2D eigenvalue weighted by atomic mass is 32.2. The Morgan fingerprint density at radius 3 is 2.26 bits per heavy atom. The van der Waals surface area contributed by atoms with Gasteiger partial charge in [0.2, 0.25) is 11.6 Å². The summed E-state index contributed by atoms with van der Waals surface area (Å²) in [5.74, 6) is 0.379. The number of benzene rings is 1. The van der Waals surface area contributed by atoms with Crippen LogP contribution in [-0.4, -0.2) is 71.7 Å². The van der Waals surface area contributed by atoms with Gasteiger partial charge in [0.1, 0.15) is 4.88 Å². The second-order valence-corrected chi connectivity index (χ2v) is 9.81. The quantitative estimate of drug-likeness (QED) is 0.506. The molecular formula is C24H34N7OS2+. The van der Waals surface area contributed by atoms with Gasteiger partial charge in [0.05, 0.1) is 18.8 Å². The SMILES string of the molecule is CCN(CC)c1nc(NC(C)=O)c(C2=NC(=[N+](CC)CC)SC2=Nc2ccc(N(C)C)cc2)s1. The van der Waals surface area contributed by atoms with Crippen molar-refractivity contribution in [3.05, 3.63) is 29.1 Å². The number of rotatable bonds is 9. The number of anilines is 3. The van der Waals surface area contributed by atoms with E-state index in [1.807, 2.05) is 26.2 Å². The van der Waals surface area contributed by atoms with Crippen LogP contribution in [0.15, 0.2) is 34.3 Å². The number of thioether (sulfide) groups is 1. The third-order valence-corrected chi connectivity index (χ3v) is 7.52. The summed E-state index contributed by atoms with van der Waals surface area (Å²) in [6.45, 7) is 13.3. The highest BCUT2D eigenvalue weighted by Crippen LogP contribution is 2.35. The van der Waals surface area contributed by atoms with Gasteiger partial charge in [0.15, 0.2) is 16.0 Å². The van der Waals surface area contributed by atoms with Crippen molar-refractivity contribution in [1.29, 1.82) is 0 Å². The lowest BCUT2D eigenvalue weighted by molar-refractivity contribution is -0.518. The molecule has 1 aromatic carbocycles. The Morgan fingerprint density at radius 2 is 1.74 bits per heavy atom. The first-order valence-electron chi connectivity index (χ1n) is 11.6. The first-order chi connectivity index (χ1) is 16.3. The number of nitrogens with one attached hydrogen (secondary N) is 1. The Bertz CT molecular complexity index is 1110. The summed E-state index contributed by atoms with van der Waals surface area (Å²) in [5.41, 5.74) is 2.73. The van der Waals surface area contributed by atoms with Gasteiger partial charge in [0.25, 0.3) is 0 Å². The largest absolute Gasteiger partial charge is 0.378 e. The fourth-order valence-corrected chi connectivity index (χ4v) is 5.74. The predicted molar refractivity (Wildman–Crippen MR) is 148 cm³/mol. The molecule has 0 unspecified atom stereocenters. The fraction of sp³-hybridized carbons (Fsp3) is 0.458. The fourth-order valence-electron chi connectivity index (χ4n) is 3.45. The van der Waals surface area contributed by atoms with Gasteiger partial charge in [-0.15, -0.1) is 0 Å². The number of carbonyl (C=O) groups excluding carboxylic acids is 1. The molecular weight excluding hydrogens is 466 g/mol. The van der Waals surface area contributed by atoms with Crippen LogP contribution in [0, 0.1) is 0 Å². The van der Waals surface area contributed by atoms with Crippen molar-refractivity contribution in [2.75, 3.05) is 55.4 Å². The molecule has 0 fully saturated rings. The van der Waals surface area contributed by atoms with E-state index in [2.05, 4.69) is 59.5 Å². The van der Waals surface area contributed by atoms with Crippen LogP contribution in [0.3, 0.4) is 0 Å². The summed E-state index contributed by atoms with van der Waals surface area (Å²) in [7, 11) is 4.04. The molecule has 1 aliphatic heterocycles. The lowest BCUT2D eigenvalue weighted by Crippen LogP contribution is -2.21. The maximum absolute atomic E-state index is 12.0. The van der Waals surface area contributed by atoms with Crippen molar-refractivity contribution in [1.82, 2.24) is 4.98 Å². The van der Waals surface area contributed by atoms with Crippen LogP contribution < -0.4 is 15.1 Å². The molecule has 3 rings (SSSR count). The molecule has 10 heteroatoms. The zero-order valence-electron chi connectivity index (χ0n) is 21.0. The van der Waals surface area contributed by atoms with E-state index >= 15 is 0 Å². The van der Waals surface area contributed by atoms with E-state index in [4.69, 9.17) is 15.0 Å². The molecule has 0 atom stereocenters. The molecule has 1 N–H and O–H groups in total. The lowest BCUT2D eigenvalue weighted by atomic mass is 10.2. The van der Waals surface area contributed by atoms with Crippen LogP contribution in [-0.2, 0) is 4.79 Å². The average Bonchev–Trinajstić information content (AvgIpc) is 3.39. The number of aliphatic imine (C=N–C) groups is 2. The summed E-state index contributed by atoms with van der Waals surface area (Å²) in [5, 5.41) is 5.49. The number of nitrogens with zero attached hydrogens (tertiary/aromatic N) is 6. The third kappa shape index (κ3) is 5.85. The molecule has 0 saturated carbocycles. The highest BCUT2D eigenvalue weighted by Gasteiger charge is 2.37. The van der Waals surface area contributed by atoms with Crippen molar-refractivity contribution in [3.8, 4) is 0 Å². The highest BCUT2D eigenvalue weighted by molar-refractivity contribution is 8.28. The molecule has 0 aliphatic carbocycles. The van der Waals surface area contributed by atoms with Crippen LogP contribution in [0.1, 0.15) is 39.5 Å². The van der Waals surface area contributed by atoms with Gasteiger partial charge in [-0.3, -0.25) is 9.37 Å². The number of aromatic nitrogens is 1. The van der Waals surface area contributed by atoms with E-state index < -0.39 is 0 Å². The Labute approximate surface area is 210 Å². The summed E-state index contributed by atoms with van der Waals surface area (Å²) in [6, 6.07) is 8.13. The van der Waals surface area contributed by atoms with Gasteiger partial charge in [0, 0.05) is 51.6 Å². The predicted octanol–water partition coefficient (Wildman–Crippen LogP) is 4.69. The van der Waals surface area contributed by atoms with E-state index in [-0.39, 0.29) is 5.91 Å². The molecule has 0 spiro atoms. The molecule has 2 heterocycles. The van der Waals surface area contributed by atoms with Crippen LogP contribution in [0.2, 0.25) is 0 Å². The number of hydrogen-bond donors (Lipinski definition) is 1. The Morgan fingerprint density at radius 1 is 1.09 bits per heavy atom. The van der Waals surface area contributed by atoms with Gasteiger partial charge in [-0.1, -0.05) is 11.3 Å². The average molecular weight is 501 g/mol. The summed E-state index contributed by atoms with van der Waals surface area (Å²) in [6.07, 6.45) is 0. The molecule has 182 valence electrons. The maximum Gasteiger partial charge on any atom is 0.361 e. The normalized spacial score (nSPS) is 14.4. The molecule has 0 saturated heterocycles. The maximum atomic E-state index is 12.0. The molecule has 1 aromatic heterocycles. The van der Waals surface area contributed by atoms with Crippen molar-refractivity contribution in [3.63, 3.8) is 0 Å². The molecule has 0 bridgehead atoms. The number of thiazole rings is 1. The van der Waals surface area contributed by atoms with Crippen LogP contribution in [0.4, 0.5) is 22.3 Å². The second kappa shape index (κ2) is 11.6. The monoisotopic (exact) mass is 500 g/mol. The van der Waals surface area contributed by atoms with E-state index in [0.717, 1.165) is 63.5 Å². The minimum atomic E-state index is -0.158. The van der Waals surface area contributed by atoms with Crippen LogP contribution in [0.25, 0.3) is 0 Å². The molecule has 34 heavy (non-hydrogen) atoms. The minimum absolute atomic E-state index is 0.158. The van der Waals surface area contributed by atoms with Crippen molar-refractivity contribution in [2.45, 2.75) is 34.6 Å². The van der Waals surface area contributed by atoms with E-state index in [9.17, 15) is 4.79 Å². The van der Waals surface area contributed by atoms with Crippen molar-refractivity contribution >= 4 is 67.3 Å². The molecule has 2 aromatic rings. The van der Waals surface area contributed by atoms with Crippen LogP contribution in [0.5, 0.6) is 0 Å². The summed E-state index contributed by atoms with van der Waals surface area (Å²) in [4.78, 5) is 31.8. The van der Waals surface area contributed by atoms with Crippen LogP contribution >= 0.6 is 23.1 Å². The summed E-state index contributed by atoms with van der Waals surface area (Å²) < 4.78 is 2.22. The number of amides is 1. The summed E-state index contributed by atoms with van der Waals surface area (Å²) >= 11 is 3.11. The van der Waals surface area contributed by atoms with Crippen molar-refractivity contribution in [2.24, 2.45) is 9.98 Å². The number of carbonyl (C=O) groups is 1. The Balaban J connectivity index is 2.15. The van der Waals surface area contributed by atoms with Gasteiger partial charge in [-0.2, -0.15) is 0 Å². The topological polar surface area (TPSA) is 76.2 Å². The third-order valence-electron chi connectivity index (χ3n) is 5.39. The molecule has 1 amide bonds. The van der Waals surface area contributed by atoms with E-state index in [1.54, 1.807) is 23.1 Å². The first-order valence-corrected chi connectivity index (χ1v) is 13.2. The molecule has 0 radical (unpaired) electrons. The van der Waals surface area contributed by atoms with E-state index in [1.165, 1.54) is 6.92 Å². The standard InChI is InChI=1S/C24H33N7OS2/c1-8-30(9-2)23-27-19(22(34-23)26-17-12-14-18(15-13-17)29(6)7)20-21(25-16(5)32)28-24(33-20)31(10-3)11-4/h12-15H,8-11H2,1-7H3/p+1.